The summed E-state index contributed by atoms with van der Waals surface area (Å²) >= 11 is 0. The number of benzene rings is 2. The highest BCUT2D eigenvalue weighted by molar-refractivity contribution is 7.92. The van der Waals surface area contributed by atoms with E-state index in [4.69, 9.17) is 5.11 Å². The lowest BCUT2D eigenvalue weighted by Crippen LogP contribution is -2.23. The number of sulfonamides is 1. The van der Waals surface area contributed by atoms with Crippen LogP contribution in [0.5, 0.6) is 0 Å². The Labute approximate surface area is 144 Å². The van der Waals surface area contributed by atoms with Gasteiger partial charge in [0.1, 0.15) is 0 Å². The first-order chi connectivity index (χ1) is 11.9. The van der Waals surface area contributed by atoms with Gasteiger partial charge in [0.05, 0.1) is 16.1 Å². The van der Waals surface area contributed by atoms with Crippen molar-refractivity contribution in [1.82, 2.24) is 0 Å². The van der Waals surface area contributed by atoms with Crippen molar-refractivity contribution in [2.45, 2.75) is 17.7 Å². The van der Waals surface area contributed by atoms with Crippen molar-refractivity contribution in [3.8, 4) is 0 Å². The molecule has 1 saturated heterocycles. The predicted octanol–water partition coefficient (Wildman–Crippen LogP) is 2.31. The van der Waals surface area contributed by atoms with E-state index in [-0.39, 0.29) is 16.4 Å². The smallest absolute Gasteiger partial charge is 0.335 e. The normalized spacial score (nSPS) is 14.6. The highest BCUT2D eigenvalue weighted by Crippen LogP contribution is 2.25. The van der Waals surface area contributed by atoms with E-state index in [1.165, 1.54) is 24.3 Å². The first-order valence-electron chi connectivity index (χ1n) is 7.63. The number of anilines is 2. The molecule has 0 atom stereocenters. The molecule has 7 nitrogen and oxygen atoms in total. The van der Waals surface area contributed by atoms with Gasteiger partial charge in [-0.15, -0.1) is 0 Å². The van der Waals surface area contributed by atoms with Gasteiger partial charge < -0.3 is 10.0 Å². The minimum atomic E-state index is -3.86. The average Bonchev–Trinajstić information content (AvgIpc) is 3.01. The van der Waals surface area contributed by atoms with E-state index >= 15 is 0 Å². The van der Waals surface area contributed by atoms with Gasteiger partial charge in [0.15, 0.2) is 0 Å². The van der Waals surface area contributed by atoms with Gasteiger partial charge in [-0.2, -0.15) is 0 Å². The summed E-state index contributed by atoms with van der Waals surface area (Å²) in [5.74, 6) is -1.11. The molecule has 3 rings (SSSR count). The Morgan fingerprint density at radius 3 is 2.44 bits per heavy atom. The predicted molar refractivity (Wildman–Crippen MR) is 92.2 cm³/mol. The van der Waals surface area contributed by atoms with E-state index in [0.717, 1.165) is 6.42 Å². The highest BCUT2D eigenvalue weighted by atomic mass is 32.2. The third-order valence-corrected chi connectivity index (χ3v) is 5.29. The molecular formula is C17H16N2O5S. The fourth-order valence-corrected chi connectivity index (χ4v) is 3.70. The van der Waals surface area contributed by atoms with Crippen LogP contribution in [0.25, 0.3) is 0 Å². The van der Waals surface area contributed by atoms with E-state index in [2.05, 4.69) is 4.72 Å². The second-order valence-electron chi connectivity index (χ2n) is 5.63. The minimum Gasteiger partial charge on any atom is -0.478 e. The van der Waals surface area contributed by atoms with Crippen LogP contribution >= 0.6 is 0 Å². The average molecular weight is 360 g/mol. The van der Waals surface area contributed by atoms with Crippen molar-refractivity contribution in [3.05, 3.63) is 54.1 Å². The number of nitrogens with one attached hydrogen (secondary N) is 1. The molecule has 130 valence electrons. The Hall–Kier alpha value is -2.87. The second kappa shape index (κ2) is 6.56. The second-order valence-corrected chi connectivity index (χ2v) is 7.32. The SMILES string of the molecule is O=C(O)c1ccc(S(=O)(=O)Nc2cccc(N3CCCC3=O)c2)cc1. The number of nitrogens with zero attached hydrogens (tertiary/aromatic N) is 1. The van der Waals surface area contributed by atoms with Crippen molar-refractivity contribution in [2.75, 3.05) is 16.2 Å². The van der Waals surface area contributed by atoms with Gasteiger partial charge >= 0.3 is 5.97 Å². The van der Waals surface area contributed by atoms with Gasteiger partial charge in [-0.25, -0.2) is 13.2 Å². The molecule has 0 radical (unpaired) electrons. The zero-order chi connectivity index (χ0) is 18.0. The minimum absolute atomic E-state index is 0.00786. The van der Waals surface area contributed by atoms with Crippen LogP contribution in [0.1, 0.15) is 23.2 Å². The quantitative estimate of drug-likeness (QED) is 0.851. The number of rotatable bonds is 5. The molecule has 2 aromatic rings. The summed E-state index contributed by atoms with van der Waals surface area (Å²) in [6, 6.07) is 11.6. The maximum Gasteiger partial charge on any atom is 0.335 e. The molecule has 25 heavy (non-hydrogen) atoms. The number of carbonyl (C=O) groups is 2. The van der Waals surface area contributed by atoms with Crippen molar-refractivity contribution in [2.24, 2.45) is 0 Å². The summed E-state index contributed by atoms with van der Waals surface area (Å²) in [5, 5.41) is 8.87. The third kappa shape index (κ3) is 3.63. The topological polar surface area (TPSA) is 104 Å². The largest absolute Gasteiger partial charge is 0.478 e. The molecule has 8 heteroatoms. The summed E-state index contributed by atoms with van der Waals surface area (Å²) in [5.41, 5.74) is 0.983. The van der Waals surface area contributed by atoms with Crippen LogP contribution in [-0.2, 0) is 14.8 Å². The van der Waals surface area contributed by atoms with Gasteiger partial charge in [-0.3, -0.25) is 9.52 Å². The lowest BCUT2D eigenvalue weighted by molar-refractivity contribution is -0.117. The number of carboxylic acids is 1. The lowest BCUT2D eigenvalue weighted by Gasteiger charge is -2.17. The summed E-state index contributed by atoms with van der Waals surface area (Å²) in [6.45, 7) is 0.617. The van der Waals surface area contributed by atoms with Gasteiger partial charge in [-0.1, -0.05) is 6.07 Å². The number of carbonyl (C=O) groups excluding carboxylic acids is 1. The highest BCUT2D eigenvalue weighted by Gasteiger charge is 2.22. The van der Waals surface area contributed by atoms with Crippen LogP contribution in [0.15, 0.2) is 53.4 Å². The van der Waals surface area contributed by atoms with Crippen molar-refractivity contribution in [1.29, 1.82) is 0 Å². The van der Waals surface area contributed by atoms with Gasteiger partial charge in [-0.05, 0) is 48.9 Å². The van der Waals surface area contributed by atoms with Crippen LogP contribution < -0.4 is 9.62 Å². The zero-order valence-corrected chi connectivity index (χ0v) is 14.0. The third-order valence-electron chi connectivity index (χ3n) is 3.90. The molecule has 2 aromatic carbocycles. The maximum atomic E-state index is 12.4. The van der Waals surface area contributed by atoms with Gasteiger partial charge in [0.2, 0.25) is 5.91 Å². The van der Waals surface area contributed by atoms with E-state index < -0.39 is 16.0 Å². The fraction of sp³-hybridized carbons (Fsp3) is 0.176. The molecule has 0 saturated carbocycles. The van der Waals surface area contributed by atoms with Crippen molar-refractivity contribution < 1.29 is 23.1 Å². The number of hydrogen-bond donors (Lipinski definition) is 2. The summed E-state index contributed by atoms with van der Waals surface area (Å²) < 4.78 is 27.3. The number of carboxylic acid groups (broad SMARTS) is 1. The van der Waals surface area contributed by atoms with Crippen LogP contribution in [0, 0.1) is 0 Å². The molecule has 1 amide bonds. The maximum absolute atomic E-state index is 12.4. The number of hydrogen-bond acceptors (Lipinski definition) is 4. The lowest BCUT2D eigenvalue weighted by atomic mass is 10.2. The summed E-state index contributed by atoms with van der Waals surface area (Å²) in [6.07, 6.45) is 1.27. The van der Waals surface area contributed by atoms with Gasteiger partial charge in [0.25, 0.3) is 10.0 Å². The van der Waals surface area contributed by atoms with E-state index in [1.54, 1.807) is 29.2 Å². The molecule has 0 aliphatic carbocycles. The molecule has 1 aliphatic heterocycles. The van der Waals surface area contributed by atoms with Crippen LogP contribution in [0.2, 0.25) is 0 Å². The first kappa shape index (κ1) is 17.0. The molecule has 1 heterocycles. The first-order valence-corrected chi connectivity index (χ1v) is 9.12. The van der Waals surface area contributed by atoms with Crippen LogP contribution in [0.4, 0.5) is 11.4 Å². The Balaban J connectivity index is 1.83. The van der Waals surface area contributed by atoms with Crippen molar-refractivity contribution >= 4 is 33.3 Å². The number of aromatic carboxylic acids is 1. The van der Waals surface area contributed by atoms with E-state index in [0.29, 0.717) is 24.3 Å². The standard InChI is InChI=1S/C17H16N2O5S/c20-16-5-2-10-19(16)14-4-1-3-13(11-14)18-25(23,24)15-8-6-12(7-9-15)17(21)22/h1,3-4,6-9,11,18H,2,5,10H2,(H,21,22). The van der Waals surface area contributed by atoms with Crippen molar-refractivity contribution in [3.63, 3.8) is 0 Å². The molecule has 0 bridgehead atoms. The molecule has 0 spiro atoms. The molecular weight excluding hydrogens is 344 g/mol. The van der Waals surface area contributed by atoms with E-state index in [1.807, 2.05) is 0 Å². The molecule has 1 fully saturated rings. The Morgan fingerprint density at radius 1 is 1.12 bits per heavy atom. The Morgan fingerprint density at radius 2 is 1.84 bits per heavy atom. The fourth-order valence-electron chi connectivity index (χ4n) is 2.65. The zero-order valence-electron chi connectivity index (χ0n) is 13.2. The van der Waals surface area contributed by atoms with Crippen LogP contribution in [0.3, 0.4) is 0 Å². The summed E-state index contributed by atoms with van der Waals surface area (Å²) in [4.78, 5) is 24.2. The number of amides is 1. The molecule has 0 unspecified atom stereocenters. The van der Waals surface area contributed by atoms with E-state index in [9.17, 15) is 18.0 Å². The molecule has 0 aromatic heterocycles. The van der Waals surface area contributed by atoms with Gasteiger partial charge in [0, 0.05) is 18.7 Å². The Bertz CT molecular complexity index is 922. The molecule has 1 aliphatic rings. The Kier molecular flexibility index (Phi) is 4.45. The monoisotopic (exact) mass is 360 g/mol. The summed E-state index contributed by atoms with van der Waals surface area (Å²) in [7, 11) is -3.86. The van der Waals surface area contributed by atoms with Crippen LogP contribution in [-0.4, -0.2) is 31.9 Å². The molecule has 2 N–H and O–H groups in total.